The van der Waals surface area contributed by atoms with Crippen LogP contribution in [0.25, 0.3) is 22.3 Å². The van der Waals surface area contributed by atoms with Crippen molar-refractivity contribution in [3.8, 4) is 22.3 Å². The molecule has 0 atom stereocenters. The summed E-state index contributed by atoms with van der Waals surface area (Å²) in [5, 5.41) is 9.37. The van der Waals surface area contributed by atoms with Crippen molar-refractivity contribution in [1.29, 1.82) is 0 Å². The highest BCUT2D eigenvalue weighted by molar-refractivity contribution is 6.30. The van der Waals surface area contributed by atoms with E-state index in [9.17, 15) is 18.0 Å². The van der Waals surface area contributed by atoms with Gasteiger partial charge >= 0.3 is 12.1 Å². The molecule has 2 nitrogen and oxygen atoms in total. The minimum atomic E-state index is -4.50. The third kappa shape index (κ3) is 4.49. The Morgan fingerprint density at radius 3 is 2.15 bits per heavy atom. The standard InChI is InChI=1S/C21H14ClF3O2/c22-17-7-4-14(5-8-17)18-12-16(6-9-19(18)21(23,24)25)15-3-1-2-13(10-15)11-20(26)27/h1-10,12H,11H2,(H,26,27). The maximum Gasteiger partial charge on any atom is 0.417 e. The molecule has 0 radical (unpaired) electrons. The van der Waals surface area contributed by atoms with Gasteiger partial charge in [0.1, 0.15) is 0 Å². The molecule has 0 bridgehead atoms. The second kappa shape index (κ2) is 7.45. The number of halogens is 4. The van der Waals surface area contributed by atoms with Gasteiger partial charge in [-0.1, -0.05) is 54.1 Å². The van der Waals surface area contributed by atoms with Crippen LogP contribution in [-0.2, 0) is 17.4 Å². The molecule has 0 aliphatic heterocycles. The monoisotopic (exact) mass is 390 g/mol. The molecule has 0 aliphatic carbocycles. The van der Waals surface area contributed by atoms with E-state index < -0.39 is 17.7 Å². The molecule has 0 amide bonds. The number of hydrogen-bond donors (Lipinski definition) is 1. The Hall–Kier alpha value is -2.79. The van der Waals surface area contributed by atoms with Crippen LogP contribution >= 0.6 is 11.6 Å². The first kappa shape index (κ1) is 19.0. The van der Waals surface area contributed by atoms with Crippen LogP contribution in [0, 0.1) is 0 Å². The molecule has 0 saturated heterocycles. The first-order chi connectivity index (χ1) is 12.7. The summed E-state index contributed by atoms with van der Waals surface area (Å²) in [4.78, 5) is 10.9. The van der Waals surface area contributed by atoms with Crippen molar-refractivity contribution in [3.05, 3.63) is 82.9 Å². The fraction of sp³-hybridized carbons (Fsp3) is 0.0952. The molecule has 3 rings (SSSR count). The maximum atomic E-state index is 13.5. The van der Waals surface area contributed by atoms with Gasteiger partial charge in [0.25, 0.3) is 0 Å². The summed E-state index contributed by atoms with van der Waals surface area (Å²) in [6, 6.07) is 16.8. The van der Waals surface area contributed by atoms with Crippen LogP contribution in [0.5, 0.6) is 0 Å². The van der Waals surface area contributed by atoms with Crippen LogP contribution in [-0.4, -0.2) is 11.1 Å². The fourth-order valence-electron chi connectivity index (χ4n) is 2.87. The van der Waals surface area contributed by atoms with E-state index >= 15 is 0 Å². The third-order valence-corrected chi connectivity index (χ3v) is 4.35. The molecule has 6 heteroatoms. The molecule has 0 saturated carbocycles. The van der Waals surface area contributed by atoms with Crippen LogP contribution in [0.3, 0.4) is 0 Å². The van der Waals surface area contributed by atoms with Gasteiger partial charge in [-0.05, 0) is 52.1 Å². The van der Waals surface area contributed by atoms with Gasteiger partial charge in [-0.3, -0.25) is 4.79 Å². The largest absolute Gasteiger partial charge is 0.481 e. The summed E-state index contributed by atoms with van der Waals surface area (Å²) in [7, 11) is 0. The normalized spacial score (nSPS) is 11.4. The number of carboxylic acid groups (broad SMARTS) is 1. The second-order valence-corrected chi connectivity index (χ2v) is 6.47. The SMILES string of the molecule is O=C(O)Cc1cccc(-c2ccc(C(F)(F)F)c(-c3ccc(Cl)cc3)c2)c1. The number of hydrogen-bond acceptors (Lipinski definition) is 1. The zero-order valence-corrected chi connectivity index (χ0v) is 14.7. The summed E-state index contributed by atoms with van der Waals surface area (Å²) in [5.74, 6) is -0.971. The second-order valence-electron chi connectivity index (χ2n) is 6.04. The Balaban J connectivity index is 2.12. The number of aliphatic carboxylic acids is 1. The Morgan fingerprint density at radius 1 is 0.889 bits per heavy atom. The van der Waals surface area contributed by atoms with Crippen LogP contribution < -0.4 is 0 Å². The third-order valence-electron chi connectivity index (χ3n) is 4.10. The van der Waals surface area contributed by atoms with Gasteiger partial charge in [0.2, 0.25) is 0 Å². The maximum absolute atomic E-state index is 13.5. The molecule has 27 heavy (non-hydrogen) atoms. The number of benzene rings is 3. The summed E-state index contributed by atoms with van der Waals surface area (Å²) in [6.07, 6.45) is -4.66. The molecule has 0 aliphatic rings. The van der Waals surface area contributed by atoms with Gasteiger partial charge < -0.3 is 5.11 Å². The summed E-state index contributed by atoms with van der Waals surface area (Å²) in [5.41, 5.74) is 1.50. The zero-order chi connectivity index (χ0) is 19.6. The van der Waals surface area contributed by atoms with Crippen molar-refractivity contribution < 1.29 is 23.1 Å². The minimum Gasteiger partial charge on any atom is -0.481 e. The van der Waals surface area contributed by atoms with Gasteiger partial charge in [-0.25, -0.2) is 0 Å². The molecule has 0 aromatic heterocycles. The lowest BCUT2D eigenvalue weighted by Gasteiger charge is -2.15. The molecule has 1 N–H and O–H groups in total. The van der Waals surface area contributed by atoms with Crippen molar-refractivity contribution in [1.82, 2.24) is 0 Å². The number of rotatable bonds is 4. The zero-order valence-electron chi connectivity index (χ0n) is 13.9. The topological polar surface area (TPSA) is 37.3 Å². The van der Waals surface area contributed by atoms with E-state index in [1.54, 1.807) is 24.3 Å². The Labute approximate surface area is 158 Å². The average Bonchev–Trinajstić information content (AvgIpc) is 2.61. The Morgan fingerprint density at radius 2 is 1.52 bits per heavy atom. The van der Waals surface area contributed by atoms with Crippen LogP contribution in [0.4, 0.5) is 13.2 Å². The summed E-state index contributed by atoms with van der Waals surface area (Å²) >= 11 is 5.84. The smallest absolute Gasteiger partial charge is 0.417 e. The first-order valence-corrected chi connectivity index (χ1v) is 8.40. The molecule has 138 valence electrons. The number of carboxylic acids is 1. The van der Waals surface area contributed by atoms with E-state index in [4.69, 9.17) is 16.7 Å². The van der Waals surface area contributed by atoms with E-state index in [0.29, 0.717) is 27.3 Å². The highest BCUT2D eigenvalue weighted by atomic mass is 35.5. The van der Waals surface area contributed by atoms with Crippen molar-refractivity contribution in [2.45, 2.75) is 12.6 Å². The van der Waals surface area contributed by atoms with E-state index in [1.165, 1.54) is 36.4 Å². The van der Waals surface area contributed by atoms with Crippen molar-refractivity contribution in [2.75, 3.05) is 0 Å². The van der Waals surface area contributed by atoms with Gasteiger partial charge in [0.15, 0.2) is 0 Å². The van der Waals surface area contributed by atoms with Crippen molar-refractivity contribution >= 4 is 17.6 Å². The highest BCUT2D eigenvalue weighted by Gasteiger charge is 2.33. The summed E-state index contributed by atoms with van der Waals surface area (Å²) < 4.78 is 40.4. The van der Waals surface area contributed by atoms with Crippen LogP contribution in [0.1, 0.15) is 11.1 Å². The van der Waals surface area contributed by atoms with Gasteiger partial charge in [-0.2, -0.15) is 13.2 Å². The van der Waals surface area contributed by atoms with E-state index in [1.807, 2.05) is 0 Å². The lowest BCUT2D eigenvalue weighted by Crippen LogP contribution is -2.07. The van der Waals surface area contributed by atoms with Crippen molar-refractivity contribution in [2.24, 2.45) is 0 Å². The Kier molecular flexibility index (Phi) is 5.24. The van der Waals surface area contributed by atoms with E-state index in [-0.39, 0.29) is 12.0 Å². The molecule has 0 spiro atoms. The van der Waals surface area contributed by atoms with Gasteiger partial charge in [0.05, 0.1) is 12.0 Å². The van der Waals surface area contributed by atoms with E-state index in [0.717, 1.165) is 6.07 Å². The van der Waals surface area contributed by atoms with Gasteiger partial charge in [-0.15, -0.1) is 0 Å². The predicted octanol–water partition coefficient (Wildman–Crippen LogP) is 6.32. The molecule has 0 unspecified atom stereocenters. The number of alkyl halides is 3. The molecule has 0 heterocycles. The van der Waals surface area contributed by atoms with Crippen LogP contribution in [0.15, 0.2) is 66.7 Å². The van der Waals surface area contributed by atoms with E-state index in [2.05, 4.69) is 0 Å². The molecule has 0 fully saturated rings. The Bertz CT molecular complexity index is 979. The summed E-state index contributed by atoms with van der Waals surface area (Å²) in [6.45, 7) is 0. The molecule has 3 aromatic carbocycles. The van der Waals surface area contributed by atoms with Gasteiger partial charge in [0, 0.05) is 5.02 Å². The lowest BCUT2D eigenvalue weighted by atomic mass is 9.93. The highest BCUT2D eigenvalue weighted by Crippen LogP contribution is 2.39. The van der Waals surface area contributed by atoms with Crippen LogP contribution in [0.2, 0.25) is 5.02 Å². The number of carbonyl (C=O) groups is 1. The predicted molar refractivity (Wildman–Crippen MR) is 98.7 cm³/mol. The average molecular weight is 391 g/mol. The fourth-order valence-corrected chi connectivity index (χ4v) is 3.00. The molecular weight excluding hydrogens is 377 g/mol. The van der Waals surface area contributed by atoms with Crippen molar-refractivity contribution in [3.63, 3.8) is 0 Å². The molecular formula is C21H14ClF3O2. The first-order valence-electron chi connectivity index (χ1n) is 8.02. The molecule has 3 aromatic rings. The quantitative estimate of drug-likeness (QED) is 0.566. The lowest BCUT2D eigenvalue weighted by molar-refractivity contribution is -0.137. The minimum absolute atomic E-state index is 0.0419.